The second-order valence-electron chi connectivity index (χ2n) is 7.34. The third-order valence-electron chi connectivity index (χ3n) is 4.48. The number of nitrogens with one attached hydrogen (secondary N) is 1. The van der Waals surface area contributed by atoms with Crippen LogP contribution in [0.25, 0.3) is 0 Å². The summed E-state index contributed by atoms with van der Waals surface area (Å²) in [6, 6.07) is 12.9. The Morgan fingerprint density at radius 2 is 1.90 bits per heavy atom. The van der Waals surface area contributed by atoms with Crippen LogP contribution in [-0.2, 0) is 11.3 Å². The maximum atomic E-state index is 12.6. The van der Waals surface area contributed by atoms with Crippen LogP contribution in [0.5, 0.6) is 17.2 Å². The molecule has 1 aromatic heterocycles. The van der Waals surface area contributed by atoms with Gasteiger partial charge < -0.3 is 29.8 Å². The van der Waals surface area contributed by atoms with E-state index in [9.17, 15) is 10.0 Å². The van der Waals surface area contributed by atoms with Crippen molar-refractivity contribution >= 4 is 11.6 Å². The van der Waals surface area contributed by atoms with Gasteiger partial charge in [-0.3, -0.25) is 10.0 Å². The molecule has 3 rings (SSSR count). The first-order valence-electron chi connectivity index (χ1n) is 9.81. The number of ether oxygens (including phenoxy) is 2. The molecule has 2 aromatic carbocycles. The van der Waals surface area contributed by atoms with E-state index in [1.165, 1.54) is 12.1 Å². The van der Waals surface area contributed by atoms with E-state index in [-0.39, 0.29) is 16.8 Å². The second-order valence-corrected chi connectivity index (χ2v) is 7.34. The molecule has 1 amide bonds. The zero-order valence-electron chi connectivity index (χ0n) is 17.4. The highest BCUT2D eigenvalue weighted by Crippen LogP contribution is 2.34. The number of para-hydroxylation sites is 2. The summed E-state index contributed by atoms with van der Waals surface area (Å²) in [5, 5.41) is 22.5. The molecule has 0 radical (unpaired) electrons. The van der Waals surface area contributed by atoms with Crippen molar-refractivity contribution in [2.75, 3.05) is 11.8 Å². The fourth-order valence-corrected chi connectivity index (χ4v) is 2.80. The highest BCUT2D eigenvalue weighted by molar-refractivity contribution is 5.84. The maximum absolute atomic E-state index is 12.6. The number of amides is 1. The molecule has 164 valence electrons. The number of aryl methyl sites for hydroxylation is 1. The van der Waals surface area contributed by atoms with Gasteiger partial charge in [0.1, 0.15) is 5.75 Å². The summed E-state index contributed by atoms with van der Waals surface area (Å²) in [6.07, 6.45) is 6.09. The number of hydrogen-bond donors (Lipinski definition) is 2. The van der Waals surface area contributed by atoms with E-state index < -0.39 is 5.60 Å². The maximum Gasteiger partial charge on any atom is 0.263 e. The number of carbonyl (C=O) groups is 1. The minimum Gasteiger partial charge on any atom is -0.733 e. The summed E-state index contributed by atoms with van der Waals surface area (Å²) < 4.78 is 13.8. The Morgan fingerprint density at radius 3 is 2.55 bits per heavy atom. The molecule has 0 bridgehead atoms. The van der Waals surface area contributed by atoms with E-state index in [4.69, 9.17) is 14.7 Å². The average Bonchev–Trinajstić information content (AvgIpc) is 3.26. The third kappa shape index (κ3) is 6.21. The van der Waals surface area contributed by atoms with Gasteiger partial charge in [-0.2, -0.15) is 0 Å². The van der Waals surface area contributed by atoms with E-state index in [1.54, 1.807) is 62.8 Å². The molecule has 0 aliphatic heterocycles. The minimum atomic E-state index is -1.13. The van der Waals surface area contributed by atoms with Gasteiger partial charge in [-0.1, -0.05) is 12.1 Å². The molecule has 0 saturated heterocycles. The number of aromatic nitrogens is 2. The van der Waals surface area contributed by atoms with Crippen LogP contribution in [0.4, 0.5) is 5.69 Å². The molecule has 0 aliphatic carbocycles. The summed E-state index contributed by atoms with van der Waals surface area (Å²) >= 11 is 0. The van der Waals surface area contributed by atoms with Crippen molar-refractivity contribution < 1.29 is 19.5 Å². The molecule has 2 N–H and O–H groups in total. The van der Waals surface area contributed by atoms with Crippen molar-refractivity contribution in [1.29, 1.82) is 0 Å². The highest BCUT2D eigenvalue weighted by atomic mass is 16.8. The van der Waals surface area contributed by atoms with Gasteiger partial charge in [-0.05, 0) is 56.7 Å². The van der Waals surface area contributed by atoms with Gasteiger partial charge in [0.2, 0.25) is 0 Å². The van der Waals surface area contributed by atoms with Gasteiger partial charge in [0.15, 0.2) is 17.1 Å². The molecule has 9 heteroatoms. The van der Waals surface area contributed by atoms with Crippen LogP contribution < -0.4 is 20.0 Å². The second kappa shape index (κ2) is 9.96. The van der Waals surface area contributed by atoms with Gasteiger partial charge in [0, 0.05) is 25.5 Å². The SMILES string of the molecule is CC(C)(Oc1ccccc1Oc1ccc(N([O-])O)cc1)C(=O)NCCCn1ccnc1. The van der Waals surface area contributed by atoms with E-state index in [0.717, 1.165) is 13.0 Å². The van der Waals surface area contributed by atoms with Gasteiger partial charge in [-0.25, -0.2) is 4.98 Å². The normalized spacial score (nSPS) is 11.1. The smallest absolute Gasteiger partial charge is 0.263 e. The van der Waals surface area contributed by atoms with Crippen molar-refractivity contribution in [1.82, 2.24) is 14.9 Å². The average molecular weight is 425 g/mol. The van der Waals surface area contributed by atoms with Crippen LogP contribution in [0, 0.1) is 5.21 Å². The predicted octanol–water partition coefficient (Wildman–Crippen LogP) is 3.73. The largest absolute Gasteiger partial charge is 0.733 e. The van der Waals surface area contributed by atoms with Crippen LogP contribution in [0.2, 0.25) is 0 Å². The number of nitrogens with zero attached hydrogens (tertiary/aromatic N) is 3. The lowest BCUT2D eigenvalue weighted by Crippen LogP contribution is -2.47. The van der Waals surface area contributed by atoms with Crippen LogP contribution in [0.3, 0.4) is 0 Å². The fraction of sp³-hybridized carbons (Fsp3) is 0.273. The van der Waals surface area contributed by atoms with Gasteiger partial charge >= 0.3 is 0 Å². The lowest BCUT2D eigenvalue weighted by Gasteiger charge is -2.26. The Bertz CT molecular complexity index is 972. The molecule has 1 heterocycles. The van der Waals surface area contributed by atoms with Gasteiger partial charge in [0.05, 0.1) is 12.0 Å². The first-order chi connectivity index (χ1) is 14.8. The number of rotatable bonds is 10. The molecule has 31 heavy (non-hydrogen) atoms. The Labute approximate surface area is 180 Å². The van der Waals surface area contributed by atoms with E-state index in [0.29, 0.717) is 23.8 Å². The lowest BCUT2D eigenvalue weighted by atomic mass is 10.1. The zero-order chi connectivity index (χ0) is 22.3. The third-order valence-corrected chi connectivity index (χ3v) is 4.48. The van der Waals surface area contributed by atoms with Crippen molar-refractivity contribution in [3.8, 4) is 17.2 Å². The van der Waals surface area contributed by atoms with Crippen LogP contribution in [-0.4, -0.2) is 32.8 Å². The topological polar surface area (TPSA) is 112 Å². The molecular weight excluding hydrogens is 400 g/mol. The summed E-state index contributed by atoms with van der Waals surface area (Å²) in [6.45, 7) is 4.65. The Balaban J connectivity index is 1.59. The van der Waals surface area contributed by atoms with Crippen LogP contribution in [0.1, 0.15) is 20.3 Å². The molecule has 3 aromatic rings. The predicted molar refractivity (Wildman–Crippen MR) is 115 cm³/mol. The quantitative estimate of drug-likeness (QED) is 0.376. The summed E-state index contributed by atoms with van der Waals surface area (Å²) in [5.74, 6) is 1.02. The number of imidazole rings is 1. The summed E-state index contributed by atoms with van der Waals surface area (Å²) in [5.41, 5.74) is -1.04. The first kappa shape index (κ1) is 22.1. The molecule has 0 saturated carbocycles. The van der Waals surface area contributed by atoms with Crippen molar-refractivity contribution in [2.24, 2.45) is 0 Å². The van der Waals surface area contributed by atoms with Crippen molar-refractivity contribution in [3.05, 3.63) is 72.5 Å². The number of hydrogen-bond acceptors (Lipinski definition) is 7. The van der Waals surface area contributed by atoms with Gasteiger partial charge in [0.25, 0.3) is 5.91 Å². The summed E-state index contributed by atoms with van der Waals surface area (Å²) in [4.78, 5) is 16.6. The first-order valence-corrected chi connectivity index (χ1v) is 9.81. The standard InChI is InChI=1S/C22H25N4O5/c1-22(2,21(27)24-12-5-14-25-15-13-23-16-25)31-20-7-4-3-6-19(20)30-18-10-8-17(9-11-18)26(28)29/h3-4,6-11,13,15-16,28H,5,12,14H2,1-2H3,(H,24,27)/q-1. The fourth-order valence-electron chi connectivity index (χ4n) is 2.80. The van der Waals surface area contributed by atoms with Crippen molar-refractivity contribution in [3.63, 3.8) is 0 Å². The van der Waals surface area contributed by atoms with Crippen LogP contribution in [0.15, 0.2) is 67.3 Å². The molecule has 0 unspecified atom stereocenters. The number of carbonyl (C=O) groups excluding carboxylic acids is 1. The van der Waals surface area contributed by atoms with E-state index >= 15 is 0 Å². The Hall–Kier alpha value is -3.56. The van der Waals surface area contributed by atoms with E-state index in [2.05, 4.69) is 10.3 Å². The molecular formula is C22H25N4O5-. The van der Waals surface area contributed by atoms with Crippen molar-refractivity contribution in [2.45, 2.75) is 32.4 Å². The Morgan fingerprint density at radius 1 is 1.19 bits per heavy atom. The van der Waals surface area contributed by atoms with E-state index in [1.807, 2.05) is 10.8 Å². The lowest BCUT2D eigenvalue weighted by molar-refractivity contribution is -0.134. The molecule has 0 atom stereocenters. The Kier molecular flexibility index (Phi) is 7.11. The summed E-state index contributed by atoms with van der Waals surface area (Å²) in [7, 11) is 0. The molecule has 0 spiro atoms. The highest BCUT2D eigenvalue weighted by Gasteiger charge is 2.30. The van der Waals surface area contributed by atoms with Crippen LogP contribution >= 0.6 is 0 Å². The zero-order valence-corrected chi connectivity index (χ0v) is 17.4. The number of benzene rings is 2. The minimum absolute atomic E-state index is 0.0859. The monoisotopic (exact) mass is 425 g/mol. The molecule has 0 fully saturated rings. The molecule has 0 aliphatic rings. The molecule has 9 nitrogen and oxygen atoms in total. The number of anilines is 1. The van der Waals surface area contributed by atoms with Gasteiger partial charge in [-0.15, -0.1) is 0 Å².